The number of benzene rings is 1. The van der Waals surface area contributed by atoms with Gasteiger partial charge in [-0.3, -0.25) is 0 Å². The topological polar surface area (TPSA) is 42.4 Å². The summed E-state index contributed by atoms with van der Waals surface area (Å²) in [5.41, 5.74) is 1.18. The van der Waals surface area contributed by atoms with Gasteiger partial charge in [0.2, 0.25) is 5.88 Å². The lowest BCUT2D eigenvalue weighted by molar-refractivity contribution is 0.446. The van der Waals surface area contributed by atoms with Crippen LogP contribution in [0.2, 0.25) is 0 Å². The summed E-state index contributed by atoms with van der Waals surface area (Å²) in [6, 6.07) is 7.86. The number of rotatable bonds is 2. The van der Waals surface area contributed by atoms with Crippen molar-refractivity contribution in [2.45, 2.75) is 6.92 Å². The van der Waals surface area contributed by atoms with Gasteiger partial charge in [0.15, 0.2) is 0 Å². The Morgan fingerprint density at radius 3 is 3.00 bits per heavy atom. The molecule has 0 atom stereocenters. The predicted molar refractivity (Wildman–Crippen MR) is 55.1 cm³/mol. The van der Waals surface area contributed by atoms with Gasteiger partial charge in [-0.25, -0.2) is 4.98 Å². The Balaban J connectivity index is 2.62. The fraction of sp³-hybridized carbons (Fsp3) is 0.100. The van der Waals surface area contributed by atoms with E-state index in [1.54, 1.807) is 6.20 Å². The minimum Gasteiger partial charge on any atom is -0.523 e. The smallest absolute Gasteiger partial charge is 0.523 e. The summed E-state index contributed by atoms with van der Waals surface area (Å²) in [5, 5.41) is 10.5. The molecule has 4 heteroatoms. The first-order chi connectivity index (χ1) is 6.81. The second-order valence-electron chi connectivity index (χ2n) is 3.06. The van der Waals surface area contributed by atoms with Crippen LogP contribution in [0.1, 0.15) is 5.56 Å². The summed E-state index contributed by atoms with van der Waals surface area (Å²) in [6.07, 6.45) is 1.65. The largest absolute Gasteiger partial charge is 0.570 e. The molecule has 0 fully saturated rings. The molecule has 0 saturated carbocycles. The van der Waals surface area contributed by atoms with E-state index in [2.05, 4.69) is 4.98 Å². The first kappa shape index (κ1) is 9.03. The summed E-state index contributed by atoms with van der Waals surface area (Å²) >= 11 is 0. The van der Waals surface area contributed by atoms with E-state index in [1.165, 1.54) is 5.56 Å². The average Bonchev–Trinajstić information content (AvgIpc) is 2.18. The van der Waals surface area contributed by atoms with E-state index in [0.29, 0.717) is 13.6 Å². The van der Waals surface area contributed by atoms with Gasteiger partial charge in [-0.15, -0.1) is 0 Å². The van der Waals surface area contributed by atoms with Crippen LogP contribution in [0.3, 0.4) is 0 Å². The molecular weight excluding hydrogens is 177 g/mol. The van der Waals surface area contributed by atoms with Gasteiger partial charge in [0.1, 0.15) is 0 Å². The Morgan fingerprint density at radius 1 is 1.36 bits per heavy atom. The number of hydrogen-bond acceptors (Lipinski definition) is 3. The first-order valence-electron chi connectivity index (χ1n) is 4.29. The number of aryl methyl sites for hydroxylation is 1. The highest BCUT2D eigenvalue weighted by Crippen LogP contribution is 2.23. The second-order valence-corrected chi connectivity index (χ2v) is 3.06. The van der Waals surface area contributed by atoms with Crippen LogP contribution >= 0.6 is 0 Å². The molecule has 1 heterocycles. The molecule has 0 unspecified atom stereocenters. The molecule has 1 aromatic heterocycles. The average molecular weight is 186 g/mol. The molecule has 14 heavy (non-hydrogen) atoms. The zero-order chi connectivity index (χ0) is 9.97. The summed E-state index contributed by atoms with van der Waals surface area (Å²) in [5.74, 6) is 0.421. The minimum atomic E-state index is 0.421. The minimum absolute atomic E-state index is 0.421. The van der Waals surface area contributed by atoms with Crippen molar-refractivity contribution in [2.75, 3.05) is 0 Å². The van der Waals surface area contributed by atoms with Crippen molar-refractivity contribution in [1.82, 2.24) is 4.98 Å². The van der Waals surface area contributed by atoms with Gasteiger partial charge >= 0.3 is 7.69 Å². The third-order valence-electron chi connectivity index (χ3n) is 2.05. The van der Waals surface area contributed by atoms with E-state index in [-0.39, 0.29) is 0 Å². The fourth-order valence-electron chi connectivity index (χ4n) is 1.41. The fourth-order valence-corrected chi connectivity index (χ4v) is 1.41. The molecule has 0 aliphatic carbocycles. The van der Waals surface area contributed by atoms with Crippen molar-refractivity contribution in [3.8, 4) is 5.88 Å². The number of pyridine rings is 1. The SMILES string of the molecule is Cc1ccc2c(O[B]O)nccc2c1. The molecule has 0 aliphatic heterocycles. The lowest BCUT2D eigenvalue weighted by Gasteiger charge is -2.05. The Labute approximate surface area is 82.7 Å². The highest BCUT2D eigenvalue weighted by Gasteiger charge is 2.03. The lowest BCUT2D eigenvalue weighted by atomic mass is 10.1. The molecular formula is C10H9BNO2. The maximum Gasteiger partial charge on any atom is 0.570 e. The number of nitrogens with zero attached hydrogens (tertiary/aromatic N) is 1. The molecule has 0 bridgehead atoms. The summed E-state index contributed by atoms with van der Waals surface area (Å²) < 4.78 is 4.88. The van der Waals surface area contributed by atoms with Crippen LogP contribution in [0.25, 0.3) is 10.8 Å². The zero-order valence-corrected chi connectivity index (χ0v) is 7.77. The highest BCUT2D eigenvalue weighted by atomic mass is 16.5. The third kappa shape index (κ3) is 1.56. The molecule has 1 radical (unpaired) electrons. The van der Waals surface area contributed by atoms with E-state index >= 15 is 0 Å². The standard InChI is InChI=1S/C10H9BNO2/c1-7-2-3-9-8(6-7)4-5-12-10(9)14-11-13/h2-6,13H,1H3. The maximum atomic E-state index is 8.55. The van der Waals surface area contributed by atoms with Gasteiger partial charge in [-0.05, 0) is 24.4 Å². The normalized spacial score (nSPS) is 10.1. The summed E-state index contributed by atoms with van der Waals surface area (Å²) in [7, 11) is 0.641. The number of aromatic nitrogens is 1. The molecule has 2 rings (SSSR count). The van der Waals surface area contributed by atoms with Crippen molar-refractivity contribution < 1.29 is 9.68 Å². The number of hydrogen-bond donors (Lipinski definition) is 1. The lowest BCUT2D eigenvalue weighted by Crippen LogP contribution is -2.01. The molecule has 0 saturated heterocycles. The first-order valence-corrected chi connectivity index (χ1v) is 4.29. The van der Waals surface area contributed by atoms with E-state index in [1.807, 2.05) is 31.2 Å². The Kier molecular flexibility index (Phi) is 2.37. The van der Waals surface area contributed by atoms with E-state index in [4.69, 9.17) is 9.68 Å². The van der Waals surface area contributed by atoms with Crippen molar-refractivity contribution in [1.29, 1.82) is 0 Å². The molecule has 0 amide bonds. The van der Waals surface area contributed by atoms with Gasteiger partial charge in [-0.2, -0.15) is 0 Å². The Morgan fingerprint density at radius 2 is 2.21 bits per heavy atom. The Bertz CT molecular complexity index is 459. The molecule has 3 nitrogen and oxygen atoms in total. The van der Waals surface area contributed by atoms with Gasteiger partial charge in [-0.1, -0.05) is 17.7 Å². The maximum absolute atomic E-state index is 8.55. The predicted octanol–water partition coefficient (Wildman–Crippen LogP) is 1.45. The highest BCUT2D eigenvalue weighted by molar-refractivity contribution is 6.17. The summed E-state index contributed by atoms with van der Waals surface area (Å²) in [6.45, 7) is 2.03. The molecule has 0 spiro atoms. The van der Waals surface area contributed by atoms with Crippen molar-refractivity contribution >= 4 is 18.5 Å². The van der Waals surface area contributed by atoms with Crippen molar-refractivity contribution in [3.63, 3.8) is 0 Å². The van der Waals surface area contributed by atoms with E-state index in [0.717, 1.165) is 10.8 Å². The molecule has 0 aliphatic rings. The van der Waals surface area contributed by atoms with E-state index < -0.39 is 0 Å². The second kappa shape index (κ2) is 3.68. The van der Waals surface area contributed by atoms with Gasteiger partial charge in [0, 0.05) is 11.6 Å². The van der Waals surface area contributed by atoms with Gasteiger partial charge in [0.25, 0.3) is 0 Å². The van der Waals surface area contributed by atoms with Crippen LogP contribution in [-0.4, -0.2) is 17.7 Å². The molecule has 1 N–H and O–H groups in total. The van der Waals surface area contributed by atoms with Gasteiger partial charge < -0.3 is 9.68 Å². The van der Waals surface area contributed by atoms with Crippen LogP contribution in [0.5, 0.6) is 5.88 Å². The summed E-state index contributed by atoms with van der Waals surface area (Å²) in [4.78, 5) is 4.01. The van der Waals surface area contributed by atoms with Crippen molar-refractivity contribution in [2.24, 2.45) is 0 Å². The van der Waals surface area contributed by atoms with Crippen LogP contribution in [0.15, 0.2) is 30.5 Å². The zero-order valence-electron chi connectivity index (χ0n) is 7.77. The van der Waals surface area contributed by atoms with Gasteiger partial charge in [0.05, 0.1) is 0 Å². The number of fused-ring (bicyclic) bond motifs is 1. The monoisotopic (exact) mass is 186 g/mol. The Hall–Kier alpha value is -1.55. The molecule has 69 valence electrons. The van der Waals surface area contributed by atoms with Crippen LogP contribution in [0.4, 0.5) is 0 Å². The third-order valence-corrected chi connectivity index (χ3v) is 2.05. The quantitative estimate of drug-likeness (QED) is 0.721. The van der Waals surface area contributed by atoms with Crippen molar-refractivity contribution in [3.05, 3.63) is 36.0 Å². The van der Waals surface area contributed by atoms with Crippen LogP contribution in [0, 0.1) is 6.92 Å². The van der Waals surface area contributed by atoms with Crippen LogP contribution < -0.4 is 4.65 Å². The van der Waals surface area contributed by atoms with Crippen LogP contribution in [-0.2, 0) is 0 Å². The van der Waals surface area contributed by atoms with E-state index in [9.17, 15) is 0 Å². The molecule has 2 aromatic rings. The molecule has 1 aromatic carbocycles.